The molecule has 0 saturated heterocycles. The van der Waals surface area contributed by atoms with E-state index in [4.69, 9.17) is 10.00 Å². The molecule has 0 amide bonds. The van der Waals surface area contributed by atoms with Crippen molar-refractivity contribution in [1.29, 1.82) is 5.26 Å². The van der Waals surface area contributed by atoms with Crippen LogP contribution in [0.2, 0.25) is 0 Å². The number of para-hydroxylation sites is 1. The minimum Gasteiger partial charge on any atom is -0.489 e. The van der Waals surface area contributed by atoms with Gasteiger partial charge in [0.1, 0.15) is 24.5 Å². The zero-order valence-electron chi connectivity index (χ0n) is 13.4. The zero-order chi connectivity index (χ0) is 15.8. The second-order valence-electron chi connectivity index (χ2n) is 5.99. The highest BCUT2D eigenvalue weighted by Gasteiger charge is 2.15. The summed E-state index contributed by atoms with van der Waals surface area (Å²) < 4.78 is 5.55. The molecule has 4 nitrogen and oxygen atoms in total. The maximum Gasteiger partial charge on any atom is 0.137 e. The number of likely N-dealkylation sites (N-methyl/N-ethyl adjacent to an activating group) is 1. The van der Waals surface area contributed by atoms with Crippen LogP contribution in [0.15, 0.2) is 24.3 Å². The molecule has 1 aromatic rings. The third-order valence-electron chi connectivity index (χ3n) is 3.50. The number of rotatable bonds is 8. The number of nitriles is 1. The summed E-state index contributed by atoms with van der Waals surface area (Å²) in [6.07, 6.45) is 0.526. The Morgan fingerprint density at radius 3 is 2.57 bits per heavy atom. The molecular formula is C17H26N2O2. The third kappa shape index (κ3) is 6.16. The molecule has 0 saturated carbocycles. The van der Waals surface area contributed by atoms with E-state index in [0.29, 0.717) is 29.8 Å². The van der Waals surface area contributed by atoms with Gasteiger partial charge in [-0.2, -0.15) is 5.26 Å². The number of hydrogen-bond acceptors (Lipinski definition) is 4. The van der Waals surface area contributed by atoms with E-state index < -0.39 is 6.10 Å². The van der Waals surface area contributed by atoms with Crippen LogP contribution in [-0.2, 0) is 0 Å². The molecule has 1 N–H and O–H groups in total. The second kappa shape index (κ2) is 8.66. The average molecular weight is 290 g/mol. The number of ether oxygens (including phenoxy) is 1. The molecule has 0 aliphatic rings. The molecule has 0 bridgehead atoms. The summed E-state index contributed by atoms with van der Waals surface area (Å²) in [4.78, 5) is 2.14. The number of aliphatic hydroxyl groups excluding tert-OH is 1. The van der Waals surface area contributed by atoms with Crippen molar-refractivity contribution in [3.8, 4) is 11.8 Å². The molecule has 1 rings (SSSR count). The number of hydrogen-bond donors (Lipinski definition) is 1. The van der Waals surface area contributed by atoms with Gasteiger partial charge in [-0.1, -0.05) is 26.0 Å². The maximum absolute atomic E-state index is 10.1. The largest absolute Gasteiger partial charge is 0.489 e. The first-order chi connectivity index (χ1) is 9.93. The molecule has 0 heterocycles. The first-order valence-electron chi connectivity index (χ1n) is 7.44. The van der Waals surface area contributed by atoms with Gasteiger partial charge < -0.3 is 14.7 Å². The molecule has 0 radical (unpaired) electrons. The van der Waals surface area contributed by atoms with Gasteiger partial charge in [0.25, 0.3) is 0 Å². The molecular weight excluding hydrogens is 264 g/mol. The Morgan fingerprint density at radius 2 is 1.95 bits per heavy atom. The van der Waals surface area contributed by atoms with Crippen LogP contribution in [0, 0.1) is 17.2 Å². The Kier molecular flexibility index (Phi) is 7.21. The normalized spacial score (nSPS) is 14.0. The van der Waals surface area contributed by atoms with Crippen LogP contribution in [-0.4, -0.2) is 42.4 Å². The topological polar surface area (TPSA) is 56.5 Å². The van der Waals surface area contributed by atoms with Gasteiger partial charge in [-0.15, -0.1) is 0 Å². The van der Waals surface area contributed by atoms with E-state index in [1.54, 1.807) is 18.2 Å². The fraction of sp³-hybridized carbons (Fsp3) is 0.588. The smallest absolute Gasteiger partial charge is 0.137 e. The van der Waals surface area contributed by atoms with E-state index in [-0.39, 0.29) is 6.61 Å². The van der Waals surface area contributed by atoms with Gasteiger partial charge >= 0.3 is 0 Å². The molecule has 2 atom stereocenters. The molecule has 21 heavy (non-hydrogen) atoms. The summed E-state index contributed by atoms with van der Waals surface area (Å²) in [6.45, 7) is 7.31. The highest BCUT2D eigenvalue weighted by Crippen LogP contribution is 2.17. The lowest BCUT2D eigenvalue weighted by atomic mass is 10.0. The summed E-state index contributed by atoms with van der Waals surface area (Å²) in [7, 11) is 2.01. The van der Waals surface area contributed by atoms with E-state index >= 15 is 0 Å². The molecule has 116 valence electrons. The summed E-state index contributed by atoms with van der Waals surface area (Å²) in [5, 5.41) is 19.1. The van der Waals surface area contributed by atoms with Crippen LogP contribution in [0.3, 0.4) is 0 Å². The minimum absolute atomic E-state index is 0.192. The highest BCUT2D eigenvalue weighted by molar-refractivity contribution is 5.42. The van der Waals surface area contributed by atoms with Crippen LogP contribution < -0.4 is 4.74 Å². The van der Waals surface area contributed by atoms with Gasteiger partial charge in [0, 0.05) is 12.6 Å². The summed E-state index contributed by atoms with van der Waals surface area (Å²) in [5.41, 5.74) is 0.492. The molecule has 0 aliphatic carbocycles. The van der Waals surface area contributed by atoms with Crippen LogP contribution in [0.25, 0.3) is 0 Å². The lowest BCUT2D eigenvalue weighted by Gasteiger charge is -2.28. The van der Waals surface area contributed by atoms with Crippen molar-refractivity contribution in [3.05, 3.63) is 29.8 Å². The SMILES string of the molecule is CC(C)CC(C)N(C)CC(O)COc1ccccc1C#N. The van der Waals surface area contributed by atoms with E-state index in [0.717, 1.165) is 6.42 Å². The molecule has 1 aromatic carbocycles. The second-order valence-corrected chi connectivity index (χ2v) is 5.99. The van der Waals surface area contributed by atoms with Gasteiger partial charge in [-0.3, -0.25) is 0 Å². The van der Waals surface area contributed by atoms with Crippen molar-refractivity contribution in [2.45, 2.75) is 39.3 Å². The van der Waals surface area contributed by atoms with E-state index in [1.807, 2.05) is 13.1 Å². The first-order valence-corrected chi connectivity index (χ1v) is 7.44. The Labute approximate surface area is 128 Å². The predicted molar refractivity (Wildman–Crippen MR) is 84.2 cm³/mol. The molecule has 2 unspecified atom stereocenters. The van der Waals surface area contributed by atoms with Crippen LogP contribution in [0.4, 0.5) is 0 Å². The number of benzene rings is 1. The van der Waals surface area contributed by atoms with Crippen LogP contribution in [0.5, 0.6) is 5.75 Å². The van der Waals surface area contributed by atoms with Crippen molar-refractivity contribution in [2.24, 2.45) is 5.92 Å². The Morgan fingerprint density at radius 1 is 1.29 bits per heavy atom. The summed E-state index contributed by atoms with van der Waals surface area (Å²) >= 11 is 0. The van der Waals surface area contributed by atoms with E-state index in [9.17, 15) is 5.11 Å². The minimum atomic E-state index is -0.573. The average Bonchev–Trinajstić information content (AvgIpc) is 2.44. The Balaban J connectivity index is 2.44. The highest BCUT2D eigenvalue weighted by atomic mass is 16.5. The van der Waals surface area contributed by atoms with Crippen molar-refractivity contribution in [1.82, 2.24) is 4.90 Å². The van der Waals surface area contributed by atoms with Crippen molar-refractivity contribution in [3.63, 3.8) is 0 Å². The molecule has 0 aromatic heterocycles. The van der Waals surface area contributed by atoms with Gasteiger partial charge in [0.15, 0.2) is 0 Å². The molecule has 4 heteroatoms. The standard InChI is InChI=1S/C17H26N2O2/c1-13(2)9-14(3)19(4)11-16(20)12-21-17-8-6-5-7-15(17)10-18/h5-8,13-14,16,20H,9,11-12H2,1-4H3. The van der Waals surface area contributed by atoms with Crippen molar-refractivity contribution in [2.75, 3.05) is 20.2 Å². The lowest BCUT2D eigenvalue weighted by Crippen LogP contribution is -2.38. The van der Waals surface area contributed by atoms with Crippen LogP contribution in [0.1, 0.15) is 32.8 Å². The Hall–Kier alpha value is -1.57. The number of nitrogens with zero attached hydrogens (tertiary/aromatic N) is 2. The molecule has 0 fully saturated rings. The van der Waals surface area contributed by atoms with Gasteiger partial charge in [0.05, 0.1) is 5.56 Å². The quantitative estimate of drug-likeness (QED) is 0.799. The molecule has 0 aliphatic heterocycles. The van der Waals surface area contributed by atoms with E-state index in [2.05, 4.69) is 31.7 Å². The molecule has 0 spiro atoms. The summed E-state index contributed by atoms with van der Waals surface area (Å²) in [6, 6.07) is 9.57. The first kappa shape index (κ1) is 17.5. The van der Waals surface area contributed by atoms with Gasteiger partial charge in [-0.25, -0.2) is 0 Å². The van der Waals surface area contributed by atoms with E-state index in [1.165, 1.54) is 0 Å². The monoisotopic (exact) mass is 290 g/mol. The third-order valence-corrected chi connectivity index (χ3v) is 3.50. The van der Waals surface area contributed by atoms with Gasteiger partial charge in [0.2, 0.25) is 0 Å². The predicted octanol–water partition coefficient (Wildman–Crippen LogP) is 2.66. The van der Waals surface area contributed by atoms with Crippen molar-refractivity contribution < 1.29 is 9.84 Å². The lowest BCUT2D eigenvalue weighted by molar-refractivity contribution is 0.0622. The fourth-order valence-corrected chi connectivity index (χ4v) is 2.30. The fourth-order valence-electron chi connectivity index (χ4n) is 2.30. The van der Waals surface area contributed by atoms with Gasteiger partial charge in [-0.05, 0) is 38.4 Å². The zero-order valence-corrected chi connectivity index (χ0v) is 13.4. The number of aliphatic hydroxyl groups is 1. The Bertz CT molecular complexity index is 468. The summed E-state index contributed by atoms with van der Waals surface area (Å²) in [5.74, 6) is 1.16. The van der Waals surface area contributed by atoms with Crippen LogP contribution >= 0.6 is 0 Å². The van der Waals surface area contributed by atoms with Crippen molar-refractivity contribution >= 4 is 0 Å². The maximum atomic E-state index is 10.1.